The number of aliphatic hydroxyl groups is 1. The minimum absolute atomic E-state index is 0.0963. The maximum Gasteiger partial charge on any atom is 0.123 e. The Hall–Kier alpha value is -1.37. The summed E-state index contributed by atoms with van der Waals surface area (Å²) in [5, 5.41) is 22.4. The van der Waals surface area contributed by atoms with E-state index in [0.29, 0.717) is 14.3 Å². The molecule has 0 aliphatic rings. The molecule has 0 aliphatic carbocycles. The first-order valence-electron chi connectivity index (χ1n) is 9.43. The van der Waals surface area contributed by atoms with E-state index in [1.807, 2.05) is 6.92 Å². The molecule has 0 fully saturated rings. The summed E-state index contributed by atoms with van der Waals surface area (Å²) in [5.74, 6) is 0.438. The SMILES string of the molecule is CCC(Pc1ccc(C)cc1C(C)O)c1cc(C)cc(C(C)(C)C)c1O. The van der Waals surface area contributed by atoms with E-state index in [4.69, 9.17) is 0 Å². The maximum absolute atomic E-state index is 11.0. The summed E-state index contributed by atoms with van der Waals surface area (Å²) in [6.45, 7) is 14.6. The molecule has 0 aromatic heterocycles. The van der Waals surface area contributed by atoms with Crippen LogP contribution in [0, 0.1) is 13.8 Å². The van der Waals surface area contributed by atoms with Crippen molar-refractivity contribution in [3.8, 4) is 5.75 Å². The predicted molar refractivity (Wildman–Crippen MR) is 114 cm³/mol. The number of hydrogen-bond acceptors (Lipinski definition) is 2. The second-order valence-corrected chi connectivity index (χ2v) is 9.90. The lowest BCUT2D eigenvalue weighted by Gasteiger charge is -2.26. The first kappa shape index (κ1) is 20.9. The molecule has 2 aromatic carbocycles. The van der Waals surface area contributed by atoms with Crippen molar-refractivity contribution in [3.63, 3.8) is 0 Å². The van der Waals surface area contributed by atoms with Crippen molar-refractivity contribution in [2.24, 2.45) is 0 Å². The molecule has 3 atom stereocenters. The fourth-order valence-corrected chi connectivity index (χ4v) is 4.97. The number of aliphatic hydroxyl groups excluding tert-OH is 1. The molecule has 0 aliphatic heterocycles. The molecule has 0 amide bonds. The van der Waals surface area contributed by atoms with Crippen molar-refractivity contribution in [1.29, 1.82) is 0 Å². The fraction of sp³-hybridized carbons (Fsp3) is 0.478. The second kappa shape index (κ2) is 8.11. The number of phenolic OH excluding ortho intramolecular Hbond substituents is 1. The van der Waals surface area contributed by atoms with Gasteiger partial charge in [0.1, 0.15) is 5.75 Å². The summed E-state index contributed by atoms with van der Waals surface area (Å²) in [5.41, 5.74) is 5.55. The third-order valence-corrected chi connectivity index (χ3v) is 6.70. The van der Waals surface area contributed by atoms with E-state index in [0.717, 1.165) is 28.7 Å². The monoisotopic (exact) mass is 372 g/mol. The van der Waals surface area contributed by atoms with Crippen LogP contribution in [0.2, 0.25) is 0 Å². The van der Waals surface area contributed by atoms with Gasteiger partial charge in [0.05, 0.1) is 6.10 Å². The predicted octanol–water partition coefficient (Wildman–Crippen LogP) is 5.81. The average molecular weight is 372 g/mol. The number of rotatable bonds is 5. The van der Waals surface area contributed by atoms with Crippen molar-refractivity contribution < 1.29 is 10.2 Å². The highest BCUT2D eigenvalue weighted by Crippen LogP contribution is 2.45. The highest BCUT2D eigenvalue weighted by Gasteiger charge is 2.24. The molecule has 0 saturated carbocycles. The number of hydrogen-bond donors (Lipinski definition) is 2. The zero-order chi connectivity index (χ0) is 19.6. The molecule has 2 nitrogen and oxygen atoms in total. The standard InChI is InChI=1S/C23H33O2P/c1-8-20(26-21-10-9-14(2)11-17(21)16(4)24)18-12-15(3)13-19(22(18)25)23(5,6)7/h9-13,16,20,24-26H,8H2,1-7H3. The second-order valence-electron chi connectivity index (χ2n) is 8.37. The smallest absolute Gasteiger partial charge is 0.123 e. The van der Waals surface area contributed by atoms with Gasteiger partial charge in [-0.1, -0.05) is 77.7 Å². The first-order chi connectivity index (χ1) is 12.0. The zero-order valence-corrected chi connectivity index (χ0v) is 18.1. The third-order valence-electron chi connectivity index (χ3n) is 4.86. The average Bonchev–Trinajstić information content (AvgIpc) is 2.54. The van der Waals surface area contributed by atoms with E-state index >= 15 is 0 Å². The lowest BCUT2D eigenvalue weighted by atomic mass is 9.83. The van der Waals surface area contributed by atoms with Crippen LogP contribution < -0.4 is 5.30 Å². The molecule has 3 unspecified atom stereocenters. The number of phenols is 1. The Morgan fingerprint density at radius 1 is 1.00 bits per heavy atom. The summed E-state index contributed by atoms with van der Waals surface area (Å²) in [6, 6.07) is 10.5. The Morgan fingerprint density at radius 3 is 2.15 bits per heavy atom. The van der Waals surface area contributed by atoms with Gasteiger partial charge in [-0.3, -0.25) is 0 Å². The zero-order valence-electron chi connectivity index (χ0n) is 17.1. The van der Waals surface area contributed by atoms with Gasteiger partial charge in [0.2, 0.25) is 0 Å². The molecular weight excluding hydrogens is 339 g/mol. The highest BCUT2D eigenvalue weighted by molar-refractivity contribution is 7.47. The van der Waals surface area contributed by atoms with Crippen LogP contribution in [0.4, 0.5) is 0 Å². The summed E-state index contributed by atoms with van der Waals surface area (Å²) in [6.07, 6.45) is 0.470. The highest BCUT2D eigenvalue weighted by atomic mass is 31.1. The number of benzene rings is 2. The van der Waals surface area contributed by atoms with Crippen LogP contribution in [0.1, 0.15) is 80.6 Å². The summed E-state index contributed by atoms with van der Waals surface area (Å²) in [4.78, 5) is 0. The van der Waals surface area contributed by atoms with Crippen LogP contribution in [0.15, 0.2) is 30.3 Å². The van der Waals surface area contributed by atoms with Gasteiger partial charge in [-0.2, -0.15) is 0 Å². The normalized spacial score (nSPS) is 14.8. The van der Waals surface area contributed by atoms with Crippen LogP contribution in [0.3, 0.4) is 0 Å². The Bertz CT molecular complexity index is 773. The van der Waals surface area contributed by atoms with E-state index in [1.165, 1.54) is 10.9 Å². The molecule has 0 spiro atoms. The molecule has 26 heavy (non-hydrogen) atoms. The molecule has 142 valence electrons. The van der Waals surface area contributed by atoms with Gasteiger partial charge in [-0.05, 0) is 49.0 Å². The first-order valence-corrected chi connectivity index (χ1v) is 10.5. The van der Waals surface area contributed by atoms with Crippen LogP contribution in [-0.4, -0.2) is 10.2 Å². The molecular formula is C23H33O2P. The van der Waals surface area contributed by atoms with E-state index in [9.17, 15) is 10.2 Å². The lowest BCUT2D eigenvalue weighted by Crippen LogP contribution is -2.14. The molecule has 0 radical (unpaired) electrons. The minimum Gasteiger partial charge on any atom is -0.507 e. The number of aryl methyl sites for hydroxylation is 2. The summed E-state index contributed by atoms with van der Waals surface area (Å²) in [7, 11) is 0.514. The largest absolute Gasteiger partial charge is 0.507 e. The Morgan fingerprint density at radius 2 is 1.62 bits per heavy atom. The van der Waals surface area contributed by atoms with Crippen LogP contribution in [0.5, 0.6) is 5.75 Å². The fourth-order valence-electron chi connectivity index (χ4n) is 3.39. The maximum atomic E-state index is 11.0. The minimum atomic E-state index is -0.480. The van der Waals surface area contributed by atoms with E-state index in [1.54, 1.807) is 0 Å². The van der Waals surface area contributed by atoms with Gasteiger partial charge in [0, 0.05) is 11.2 Å². The van der Waals surface area contributed by atoms with Crippen molar-refractivity contribution >= 4 is 13.9 Å². The molecule has 0 heterocycles. The van der Waals surface area contributed by atoms with Crippen molar-refractivity contribution in [2.75, 3.05) is 0 Å². The molecule has 2 N–H and O–H groups in total. The van der Waals surface area contributed by atoms with Gasteiger partial charge < -0.3 is 10.2 Å². The quantitative estimate of drug-likeness (QED) is 0.650. The third kappa shape index (κ3) is 4.67. The van der Waals surface area contributed by atoms with Crippen LogP contribution in [0.25, 0.3) is 0 Å². The van der Waals surface area contributed by atoms with Gasteiger partial charge in [-0.15, -0.1) is 0 Å². The van der Waals surface area contributed by atoms with Gasteiger partial charge >= 0.3 is 0 Å². The Kier molecular flexibility index (Phi) is 6.53. The molecule has 0 saturated heterocycles. The van der Waals surface area contributed by atoms with E-state index < -0.39 is 6.10 Å². The van der Waals surface area contributed by atoms with Crippen molar-refractivity contribution in [2.45, 2.75) is 72.1 Å². The lowest BCUT2D eigenvalue weighted by molar-refractivity contribution is 0.200. The summed E-state index contributed by atoms with van der Waals surface area (Å²) >= 11 is 0. The van der Waals surface area contributed by atoms with Gasteiger partial charge in [0.15, 0.2) is 0 Å². The summed E-state index contributed by atoms with van der Waals surface area (Å²) < 4.78 is 0. The van der Waals surface area contributed by atoms with Gasteiger partial charge in [0.25, 0.3) is 0 Å². The molecule has 3 heteroatoms. The Labute approximate surface area is 160 Å². The topological polar surface area (TPSA) is 40.5 Å². The van der Waals surface area contributed by atoms with Crippen LogP contribution in [-0.2, 0) is 5.41 Å². The molecule has 2 rings (SSSR count). The van der Waals surface area contributed by atoms with Crippen LogP contribution >= 0.6 is 8.58 Å². The van der Waals surface area contributed by atoms with Gasteiger partial charge in [-0.25, -0.2) is 0 Å². The van der Waals surface area contributed by atoms with Crippen molar-refractivity contribution in [1.82, 2.24) is 0 Å². The van der Waals surface area contributed by atoms with E-state index in [-0.39, 0.29) is 11.1 Å². The van der Waals surface area contributed by atoms with Crippen molar-refractivity contribution in [3.05, 3.63) is 58.1 Å². The number of aromatic hydroxyl groups is 1. The molecule has 0 bridgehead atoms. The Balaban J connectivity index is 2.50. The van der Waals surface area contributed by atoms with E-state index in [2.05, 4.69) is 71.9 Å². The molecule has 2 aromatic rings.